The normalized spacial score (nSPS) is 14.1. The zero-order valence-electron chi connectivity index (χ0n) is 9.97. The molecule has 0 aliphatic rings. The second kappa shape index (κ2) is 5.32. The third-order valence-corrected chi connectivity index (χ3v) is 3.50. The summed E-state index contributed by atoms with van der Waals surface area (Å²) in [6.45, 7) is 1.50. The van der Waals surface area contributed by atoms with E-state index in [9.17, 15) is 0 Å². The molecule has 2 aromatic rings. The van der Waals surface area contributed by atoms with Gasteiger partial charge in [0.25, 0.3) is 0 Å². The number of nitrogens with two attached hydrogens (primary N) is 2. The van der Waals surface area contributed by atoms with Gasteiger partial charge in [0.1, 0.15) is 5.84 Å². The molecule has 0 spiro atoms. The Hall–Kier alpha value is -1.37. The van der Waals surface area contributed by atoms with Crippen molar-refractivity contribution >= 4 is 61.7 Å². The maximum absolute atomic E-state index is 5.78. The molecule has 0 aliphatic carbocycles. The van der Waals surface area contributed by atoms with Crippen LogP contribution in [0.25, 0.3) is 10.2 Å². The zero-order chi connectivity index (χ0) is 14.0. The summed E-state index contributed by atoms with van der Waals surface area (Å²) in [6, 6.07) is 7.68. The molecule has 1 aromatic carbocycles. The Balaban J connectivity index is 2.30. The summed E-state index contributed by atoms with van der Waals surface area (Å²) >= 11 is 13.0. The number of aromatic nitrogens is 1. The van der Waals surface area contributed by atoms with Gasteiger partial charge in [-0.2, -0.15) is 9.98 Å². The van der Waals surface area contributed by atoms with E-state index < -0.39 is 4.33 Å². The molecule has 0 unspecified atom stereocenters. The SMILES string of the molecule is CC(Cl)(Cl)C(N)=NC(N)=Nc1nc2ccccc2s1. The van der Waals surface area contributed by atoms with E-state index in [0.29, 0.717) is 5.13 Å². The second-order valence-corrected chi connectivity index (χ2v) is 6.53. The molecule has 1 aromatic heterocycles. The molecule has 100 valence electrons. The Kier molecular flexibility index (Phi) is 3.93. The molecule has 2 rings (SSSR count). The zero-order valence-corrected chi connectivity index (χ0v) is 12.3. The molecule has 1 heterocycles. The predicted molar refractivity (Wildman–Crippen MR) is 82.6 cm³/mol. The van der Waals surface area contributed by atoms with Gasteiger partial charge in [-0.05, 0) is 19.1 Å². The Morgan fingerprint density at radius 3 is 2.63 bits per heavy atom. The molecule has 0 fully saturated rings. The van der Waals surface area contributed by atoms with Crippen LogP contribution in [0.5, 0.6) is 0 Å². The summed E-state index contributed by atoms with van der Waals surface area (Å²) in [5.74, 6) is -0.0534. The first kappa shape index (κ1) is 14.0. The Bertz CT molecular complexity index is 623. The smallest absolute Gasteiger partial charge is 0.224 e. The quantitative estimate of drug-likeness (QED) is 0.507. The van der Waals surface area contributed by atoms with Gasteiger partial charge in [0.05, 0.1) is 10.2 Å². The molecule has 0 amide bonds. The fraction of sp³-hybridized carbons (Fsp3) is 0.182. The first-order valence-corrected chi connectivity index (χ1v) is 6.85. The Labute approximate surface area is 124 Å². The third kappa shape index (κ3) is 3.56. The Morgan fingerprint density at radius 2 is 2.00 bits per heavy atom. The average molecular weight is 316 g/mol. The first-order valence-electron chi connectivity index (χ1n) is 5.28. The van der Waals surface area contributed by atoms with Crippen molar-refractivity contribution in [2.24, 2.45) is 21.5 Å². The number of amidine groups is 1. The maximum atomic E-state index is 5.78. The van der Waals surface area contributed by atoms with Crippen LogP contribution in [0.3, 0.4) is 0 Å². The van der Waals surface area contributed by atoms with E-state index in [4.69, 9.17) is 34.7 Å². The minimum absolute atomic E-state index is 0.0156. The average Bonchev–Trinajstić information content (AvgIpc) is 2.69. The number of benzene rings is 1. The predicted octanol–water partition coefficient (Wildman–Crippen LogP) is 2.79. The van der Waals surface area contributed by atoms with Gasteiger partial charge in [0.15, 0.2) is 4.33 Å². The van der Waals surface area contributed by atoms with Crippen molar-refractivity contribution in [2.75, 3.05) is 0 Å². The van der Waals surface area contributed by atoms with Crippen LogP contribution in [0, 0.1) is 0 Å². The molecule has 0 atom stereocenters. The van der Waals surface area contributed by atoms with E-state index >= 15 is 0 Å². The number of fused-ring (bicyclic) bond motifs is 1. The summed E-state index contributed by atoms with van der Waals surface area (Å²) in [7, 11) is 0. The molecular weight excluding hydrogens is 305 g/mol. The lowest BCUT2D eigenvalue weighted by Crippen LogP contribution is -2.32. The number of halogens is 2. The van der Waals surface area contributed by atoms with E-state index in [-0.39, 0.29) is 11.8 Å². The highest BCUT2D eigenvalue weighted by atomic mass is 35.5. The lowest BCUT2D eigenvalue weighted by Gasteiger charge is -2.11. The van der Waals surface area contributed by atoms with Crippen LogP contribution in [0.15, 0.2) is 34.3 Å². The van der Waals surface area contributed by atoms with Crippen LogP contribution in [0.2, 0.25) is 0 Å². The molecule has 0 radical (unpaired) electrons. The van der Waals surface area contributed by atoms with Gasteiger partial charge in [0.2, 0.25) is 11.1 Å². The van der Waals surface area contributed by atoms with Crippen molar-refractivity contribution < 1.29 is 0 Å². The van der Waals surface area contributed by atoms with Crippen LogP contribution < -0.4 is 11.5 Å². The van der Waals surface area contributed by atoms with Crippen molar-refractivity contribution in [2.45, 2.75) is 11.3 Å². The van der Waals surface area contributed by atoms with Gasteiger partial charge in [-0.25, -0.2) is 4.98 Å². The van der Waals surface area contributed by atoms with Crippen LogP contribution in [0.1, 0.15) is 6.92 Å². The third-order valence-electron chi connectivity index (χ3n) is 2.18. The monoisotopic (exact) mass is 315 g/mol. The fourth-order valence-corrected chi connectivity index (χ4v) is 2.18. The molecule has 5 nitrogen and oxygen atoms in total. The summed E-state index contributed by atoms with van der Waals surface area (Å²) < 4.78 is -0.265. The van der Waals surface area contributed by atoms with Gasteiger partial charge in [-0.3, -0.25) is 0 Å². The van der Waals surface area contributed by atoms with Crippen molar-refractivity contribution in [1.29, 1.82) is 0 Å². The fourth-order valence-electron chi connectivity index (χ4n) is 1.25. The van der Waals surface area contributed by atoms with Gasteiger partial charge in [-0.15, -0.1) is 0 Å². The van der Waals surface area contributed by atoms with Crippen molar-refractivity contribution in [3.63, 3.8) is 0 Å². The molecule has 0 saturated heterocycles. The first-order chi connectivity index (χ1) is 8.86. The number of nitrogens with zero attached hydrogens (tertiary/aromatic N) is 3. The summed E-state index contributed by atoms with van der Waals surface area (Å²) in [5, 5.41) is 0.501. The molecule has 8 heteroatoms. The number of aliphatic imine (C=N–C) groups is 2. The standard InChI is InChI=1S/C11H11Cl2N5S/c1-11(12,13)8(14)17-9(15)18-10-16-6-4-2-3-5-7(6)19-10/h2-5H,1H3,(H4,14,15,16,17,18). The van der Waals surface area contributed by atoms with Crippen molar-refractivity contribution in [3.8, 4) is 0 Å². The maximum Gasteiger partial charge on any atom is 0.224 e. The molecule has 4 N–H and O–H groups in total. The van der Waals surface area contributed by atoms with Crippen molar-refractivity contribution in [1.82, 2.24) is 4.98 Å². The lowest BCUT2D eigenvalue weighted by molar-refractivity contribution is 1.15. The second-order valence-electron chi connectivity index (χ2n) is 3.82. The van der Waals surface area contributed by atoms with Crippen LogP contribution in [0.4, 0.5) is 5.13 Å². The van der Waals surface area contributed by atoms with Gasteiger partial charge >= 0.3 is 0 Å². The van der Waals surface area contributed by atoms with Crippen molar-refractivity contribution in [3.05, 3.63) is 24.3 Å². The number of hydrogen-bond donors (Lipinski definition) is 2. The number of guanidine groups is 1. The molecule has 0 bridgehead atoms. The molecular formula is C11H11Cl2N5S. The summed E-state index contributed by atoms with van der Waals surface area (Å²) in [6.07, 6.45) is 0. The molecule has 0 saturated carbocycles. The van der Waals surface area contributed by atoms with Crippen LogP contribution >= 0.6 is 34.5 Å². The largest absolute Gasteiger partial charge is 0.385 e. The van der Waals surface area contributed by atoms with E-state index in [2.05, 4.69) is 15.0 Å². The Morgan fingerprint density at radius 1 is 1.32 bits per heavy atom. The highest BCUT2D eigenvalue weighted by Gasteiger charge is 2.22. The van der Waals surface area contributed by atoms with E-state index in [1.165, 1.54) is 18.3 Å². The number of alkyl halides is 2. The van der Waals surface area contributed by atoms with Gasteiger partial charge < -0.3 is 11.5 Å². The summed E-state index contributed by atoms with van der Waals surface area (Å²) in [4.78, 5) is 12.2. The lowest BCUT2D eigenvalue weighted by atomic mass is 10.3. The van der Waals surface area contributed by atoms with Crippen LogP contribution in [-0.2, 0) is 0 Å². The number of para-hydroxylation sites is 1. The van der Waals surface area contributed by atoms with E-state index in [1.807, 2.05) is 24.3 Å². The highest BCUT2D eigenvalue weighted by Crippen LogP contribution is 2.27. The number of rotatable bonds is 2. The van der Waals surface area contributed by atoms with Crippen LogP contribution in [-0.4, -0.2) is 21.1 Å². The number of thiazole rings is 1. The van der Waals surface area contributed by atoms with E-state index in [1.54, 1.807) is 0 Å². The molecule has 0 aliphatic heterocycles. The highest BCUT2D eigenvalue weighted by molar-refractivity contribution is 7.22. The molecule has 19 heavy (non-hydrogen) atoms. The topological polar surface area (TPSA) is 89.6 Å². The van der Waals surface area contributed by atoms with E-state index in [0.717, 1.165) is 10.2 Å². The van der Waals surface area contributed by atoms with Gasteiger partial charge in [0, 0.05) is 0 Å². The number of hydrogen-bond acceptors (Lipinski definition) is 3. The summed E-state index contributed by atoms with van der Waals surface area (Å²) in [5.41, 5.74) is 12.1. The minimum Gasteiger partial charge on any atom is -0.385 e. The van der Waals surface area contributed by atoms with Gasteiger partial charge in [-0.1, -0.05) is 46.7 Å². The minimum atomic E-state index is -1.28.